The van der Waals surface area contributed by atoms with Crippen LogP contribution in [0.1, 0.15) is 56.8 Å². The van der Waals surface area contributed by atoms with Crippen molar-refractivity contribution in [2.75, 3.05) is 51.3 Å². The number of nitrogens with zero attached hydrogens (tertiary/aromatic N) is 3. The highest BCUT2D eigenvalue weighted by Crippen LogP contribution is 2.31. The number of ether oxygens (including phenoxy) is 2. The second-order valence-electron chi connectivity index (χ2n) is 12.4. The summed E-state index contributed by atoms with van der Waals surface area (Å²) in [5.41, 5.74) is 1.42. The molecule has 1 saturated carbocycles. The standard InChI is InChI=1S/C29H42N4O5/c1-29(2,3)16-22(28(36)33-17-24(37-4)26-25(33)23(34)18-38-26)30-27(35)19-8-10-21(11-9-19)32-14-12-31(13-15-32)20-6-5-7-20/h8-11,20,22,24-26H,5-7,12-18H2,1-4H3,(H,30,35)/t22?,24-,25-,26-/m1/s1. The van der Waals surface area contributed by atoms with Crippen molar-refractivity contribution < 1.29 is 23.9 Å². The van der Waals surface area contributed by atoms with E-state index < -0.39 is 18.2 Å². The Morgan fingerprint density at radius 2 is 1.79 bits per heavy atom. The van der Waals surface area contributed by atoms with Gasteiger partial charge in [-0.3, -0.25) is 19.3 Å². The van der Waals surface area contributed by atoms with Gasteiger partial charge in [0.25, 0.3) is 5.91 Å². The van der Waals surface area contributed by atoms with Gasteiger partial charge in [-0.1, -0.05) is 27.2 Å². The molecule has 38 heavy (non-hydrogen) atoms. The van der Waals surface area contributed by atoms with Crippen molar-refractivity contribution in [3.8, 4) is 0 Å². The molecule has 3 aliphatic heterocycles. The van der Waals surface area contributed by atoms with Crippen molar-refractivity contribution >= 4 is 23.3 Å². The molecule has 208 valence electrons. The second-order valence-corrected chi connectivity index (χ2v) is 12.4. The minimum Gasteiger partial charge on any atom is -0.377 e. The van der Waals surface area contributed by atoms with Crippen molar-refractivity contribution in [2.24, 2.45) is 5.41 Å². The van der Waals surface area contributed by atoms with E-state index in [-0.39, 0.29) is 42.3 Å². The van der Waals surface area contributed by atoms with Crippen molar-refractivity contribution in [3.05, 3.63) is 29.8 Å². The number of hydrogen-bond acceptors (Lipinski definition) is 7. The van der Waals surface area contributed by atoms with Crippen LogP contribution in [0.4, 0.5) is 5.69 Å². The number of ketones is 1. The molecule has 1 aromatic rings. The Kier molecular flexibility index (Phi) is 7.80. The maximum atomic E-state index is 13.7. The van der Waals surface area contributed by atoms with Gasteiger partial charge in [-0.2, -0.15) is 0 Å². The zero-order valence-electron chi connectivity index (χ0n) is 23.2. The summed E-state index contributed by atoms with van der Waals surface area (Å²) in [7, 11) is 1.56. The van der Waals surface area contributed by atoms with E-state index in [4.69, 9.17) is 9.47 Å². The fraction of sp³-hybridized carbons (Fsp3) is 0.690. The first-order valence-electron chi connectivity index (χ1n) is 14.0. The molecule has 0 aromatic heterocycles. The van der Waals surface area contributed by atoms with Crippen molar-refractivity contribution in [3.63, 3.8) is 0 Å². The lowest BCUT2D eigenvalue weighted by Crippen LogP contribution is -2.53. The minimum atomic E-state index is -0.758. The Hall–Kier alpha value is -2.49. The van der Waals surface area contributed by atoms with Gasteiger partial charge in [-0.15, -0.1) is 0 Å². The smallest absolute Gasteiger partial charge is 0.251 e. The summed E-state index contributed by atoms with van der Waals surface area (Å²) in [4.78, 5) is 46.1. The maximum absolute atomic E-state index is 13.7. The quantitative estimate of drug-likeness (QED) is 0.582. The molecule has 3 heterocycles. The van der Waals surface area contributed by atoms with E-state index in [1.54, 1.807) is 12.0 Å². The third kappa shape index (κ3) is 5.60. The highest BCUT2D eigenvalue weighted by atomic mass is 16.5. The fourth-order valence-corrected chi connectivity index (χ4v) is 6.22. The molecule has 4 aliphatic rings. The summed E-state index contributed by atoms with van der Waals surface area (Å²) in [6.07, 6.45) is 3.66. The summed E-state index contributed by atoms with van der Waals surface area (Å²) in [6.45, 7) is 10.5. The number of hydrogen-bond donors (Lipinski definition) is 1. The van der Waals surface area contributed by atoms with E-state index >= 15 is 0 Å². The summed E-state index contributed by atoms with van der Waals surface area (Å²) in [6, 6.07) is 7.03. The number of likely N-dealkylation sites (tertiary alicyclic amines) is 1. The van der Waals surface area contributed by atoms with E-state index in [1.165, 1.54) is 19.3 Å². The molecule has 9 heteroatoms. The van der Waals surface area contributed by atoms with Crippen molar-refractivity contribution in [2.45, 2.75) is 76.8 Å². The monoisotopic (exact) mass is 526 g/mol. The van der Waals surface area contributed by atoms with Gasteiger partial charge >= 0.3 is 0 Å². The van der Waals surface area contributed by atoms with Gasteiger partial charge in [-0.05, 0) is 48.9 Å². The third-order valence-electron chi connectivity index (χ3n) is 8.54. The van der Waals surface area contributed by atoms with Gasteiger partial charge in [0.15, 0.2) is 5.78 Å². The lowest BCUT2D eigenvalue weighted by atomic mass is 9.87. The molecule has 1 aromatic carbocycles. The maximum Gasteiger partial charge on any atom is 0.251 e. The van der Waals surface area contributed by atoms with Gasteiger partial charge in [0.2, 0.25) is 5.91 Å². The minimum absolute atomic E-state index is 0.0166. The Morgan fingerprint density at radius 1 is 1.11 bits per heavy atom. The van der Waals surface area contributed by atoms with Crippen molar-refractivity contribution in [1.29, 1.82) is 0 Å². The number of carbonyl (C=O) groups excluding carboxylic acids is 3. The van der Waals surface area contributed by atoms with Gasteiger partial charge < -0.3 is 24.6 Å². The molecule has 4 atom stereocenters. The number of methoxy groups -OCH3 is 1. The predicted octanol–water partition coefficient (Wildman–Crippen LogP) is 2.09. The van der Waals surface area contributed by atoms with E-state index in [2.05, 4.69) is 15.1 Å². The van der Waals surface area contributed by atoms with Gasteiger partial charge in [0.1, 0.15) is 30.9 Å². The molecule has 0 spiro atoms. The van der Waals surface area contributed by atoms with Crippen LogP contribution in [0.3, 0.4) is 0 Å². The van der Waals surface area contributed by atoms with Crippen LogP contribution in [-0.2, 0) is 19.1 Å². The number of piperazine rings is 1. The molecule has 2 amide bonds. The lowest BCUT2D eigenvalue weighted by Gasteiger charge is -2.43. The number of benzene rings is 1. The van der Waals surface area contributed by atoms with Crippen LogP contribution in [-0.4, -0.2) is 104 Å². The van der Waals surface area contributed by atoms with Crippen LogP contribution < -0.4 is 10.2 Å². The zero-order chi connectivity index (χ0) is 27.0. The third-order valence-corrected chi connectivity index (χ3v) is 8.54. The lowest BCUT2D eigenvalue weighted by molar-refractivity contribution is -0.138. The number of carbonyl (C=O) groups is 3. The first-order chi connectivity index (χ1) is 18.1. The first kappa shape index (κ1) is 27.1. The number of nitrogens with one attached hydrogen (secondary N) is 1. The van der Waals surface area contributed by atoms with E-state index in [9.17, 15) is 14.4 Å². The summed E-state index contributed by atoms with van der Waals surface area (Å²) in [5, 5.41) is 2.98. The average Bonchev–Trinajstić information content (AvgIpc) is 3.42. The first-order valence-corrected chi connectivity index (χ1v) is 14.0. The largest absolute Gasteiger partial charge is 0.377 e. The van der Waals surface area contributed by atoms with Crippen LogP contribution in [0.25, 0.3) is 0 Å². The fourth-order valence-electron chi connectivity index (χ4n) is 6.22. The zero-order valence-corrected chi connectivity index (χ0v) is 23.2. The number of fused-ring (bicyclic) bond motifs is 1. The Labute approximate surface area is 225 Å². The highest BCUT2D eigenvalue weighted by molar-refractivity contribution is 5.99. The van der Waals surface area contributed by atoms with Crippen LogP contribution in [0.5, 0.6) is 0 Å². The number of rotatable bonds is 7. The summed E-state index contributed by atoms with van der Waals surface area (Å²) < 4.78 is 11.1. The molecular weight excluding hydrogens is 484 g/mol. The molecular formula is C29H42N4O5. The van der Waals surface area contributed by atoms with E-state index in [0.717, 1.165) is 37.9 Å². The molecule has 1 unspecified atom stereocenters. The highest BCUT2D eigenvalue weighted by Gasteiger charge is 2.53. The summed E-state index contributed by atoms with van der Waals surface area (Å²) in [5.74, 6) is -0.669. The Balaban J connectivity index is 1.24. The van der Waals surface area contributed by atoms with Crippen LogP contribution in [0.2, 0.25) is 0 Å². The average molecular weight is 527 g/mol. The van der Waals surface area contributed by atoms with Crippen LogP contribution >= 0.6 is 0 Å². The molecule has 0 radical (unpaired) electrons. The van der Waals surface area contributed by atoms with Gasteiger partial charge in [0.05, 0.1) is 6.54 Å². The molecule has 1 N–H and O–H groups in total. The number of amides is 2. The normalized spacial score (nSPS) is 27.3. The van der Waals surface area contributed by atoms with Gasteiger partial charge in [0, 0.05) is 50.6 Å². The molecule has 1 aliphatic carbocycles. The van der Waals surface area contributed by atoms with E-state index in [1.807, 2.05) is 45.0 Å². The van der Waals surface area contributed by atoms with Crippen LogP contribution in [0, 0.1) is 5.41 Å². The second kappa shape index (κ2) is 10.9. The molecule has 0 bridgehead atoms. The molecule has 3 saturated heterocycles. The molecule has 4 fully saturated rings. The molecule has 9 nitrogen and oxygen atoms in total. The number of anilines is 1. The van der Waals surface area contributed by atoms with Gasteiger partial charge in [-0.25, -0.2) is 0 Å². The SMILES string of the molecule is CO[C@@H]1CN(C(=O)C(CC(C)(C)C)NC(=O)c2ccc(N3CCN(C4CCC4)CC3)cc2)[C@@H]2C(=O)CO[C@@H]21. The Bertz CT molecular complexity index is 1030. The van der Waals surface area contributed by atoms with Crippen LogP contribution in [0.15, 0.2) is 24.3 Å². The Morgan fingerprint density at radius 3 is 2.37 bits per heavy atom. The van der Waals surface area contributed by atoms with Crippen molar-refractivity contribution in [1.82, 2.24) is 15.1 Å². The topological polar surface area (TPSA) is 91.4 Å². The molecule has 5 rings (SSSR count). The number of Topliss-reactive ketones (excluding diaryl/α,β-unsaturated/α-hetero) is 1. The summed E-state index contributed by atoms with van der Waals surface area (Å²) >= 11 is 0. The van der Waals surface area contributed by atoms with E-state index in [0.29, 0.717) is 12.0 Å². The predicted molar refractivity (Wildman–Crippen MR) is 144 cm³/mol.